The van der Waals surface area contributed by atoms with E-state index in [1.807, 2.05) is 20.8 Å². The van der Waals surface area contributed by atoms with Crippen LogP contribution in [0.5, 0.6) is 11.5 Å². The van der Waals surface area contributed by atoms with Crippen molar-refractivity contribution in [2.45, 2.75) is 57.1 Å². The number of ether oxygens (including phenoxy) is 2. The molecular weight excluding hydrogens is 597 g/mol. The van der Waals surface area contributed by atoms with Crippen LogP contribution in [0.15, 0.2) is 71.6 Å². The second-order valence-electron chi connectivity index (χ2n) is 10.8. The Morgan fingerprint density at radius 2 is 1.56 bits per heavy atom. The van der Waals surface area contributed by atoms with E-state index < -0.39 is 39.9 Å². The molecule has 3 rings (SSSR count). The largest absolute Gasteiger partial charge is 0.493 e. The number of carbonyl (C=O) groups excluding carboxylic acids is 2. The lowest BCUT2D eigenvalue weighted by molar-refractivity contribution is -0.141. The van der Waals surface area contributed by atoms with Crippen LogP contribution in [0.4, 0.5) is 10.1 Å². The molecule has 0 aliphatic carbocycles. The molecule has 1 atom stereocenters. The number of anilines is 1. The van der Waals surface area contributed by atoms with E-state index in [0.29, 0.717) is 16.3 Å². The van der Waals surface area contributed by atoms with Crippen LogP contribution in [-0.4, -0.2) is 57.5 Å². The van der Waals surface area contributed by atoms with Gasteiger partial charge in [0.2, 0.25) is 11.8 Å². The van der Waals surface area contributed by atoms with Crippen LogP contribution >= 0.6 is 11.6 Å². The fourth-order valence-corrected chi connectivity index (χ4v) is 5.96. The minimum absolute atomic E-state index is 0.0136. The maximum absolute atomic E-state index is 14.1. The number of amides is 2. The molecule has 3 aromatic carbocycles. The molecule has 9 nitrogen and oxygen atoms in total. The summed E-state index contributed by atoms with van der Waals surface area (Å²) in [6.45, 7) is 6.60. The van der Waals surface area contributed by atoms with Gasteiger partial charge in [-0.3, -0.25) is 13.9 Å². The number of carbonyl (C=O) groups is 2. The van der Waals surface area contributed by atoms with Crippen molar-refractivity contribution in [1.82, 2.24) is 10.2 Å². The lowest BCUT2D eigenvalue weighted by Gasteiger charge is -2.34. The molecule has 0 fully saturated rings. The Balaban J connectivity index is 2.10. The summed E-state index contributed by atoms with van der Waals surface area (Å²) in [7, 11) is -1.61. The molecule has 1 N–H and O–H groups in total. The smallest absolute Gasteiger partial charge is 0.264 e. The summed E-state index contributed by atoms with van der Waals surface area (Å²) in [5.74, 6) is -1.11. The molecule has 0 saturated heterocycles. The van der Waals surface area contributed by atoms with Crippen LogP contribution < -0.4 is 19.1 Å². The molecule has 0 aromatic heterocycles. The third-order valence-electron chi connectivity index (χ3n) is 6.49. The number of nitrogens with zero attached hydrogens (tertiary/aromatic N) is 2. The zero-order valence-electron chi connectivity index (χ0n) is 25.1. The number of benzene rings is 3. The van der Waals surface area contributed by atoms with Crippen LogP contribution in [0, 0.1) is 5.82 Å². The van der Waals surface area contributed by atoms with E-state index in [0.717, 1.165) is 16.4 Å². The number of hydrogen-bond acceptors (Lipinski definition) is 6. The summed E-state index contributed by atoms with van der Waals surface area (Å²) in [5, 5.41) is 3.42. The zero-order chi connectivity index (χ0) is 31.9. The zero-order valence-corrected chi connectivity index (χ0v) is 26.6. The molecule has 0 aliphatic heterocycles. The highest BCUT2D eigenvalue weighted by atomic mass is 35.5. The minimum Gasteiger partial charge on any atom is -0.493 e. The van der Waals surface area contributed by atoms with Crippen LogP contribution in [0.25, 0.3) is 0 Å². The van der Waals surface area contributed by atoms with Crippen LogP contribution in [-0.2, 0) is 26.2 Å². The fraction of sp³-hybridized carbons (Fsp3) is 0.355. The molecule has 43 heavy (non-hydrogen) atoms. The van der Waals surface area contributed by atoms with Crippen LogP contribution in [0.3, 0.4) is 0 Å². The van der Waals surface area contributed by atoms with Crippen LogP contribution in [0.2, 0.25) is 5.02 Å². The molecule has 0 heterocycles. The lowest BCUT2D eigenvalue weighted by Crippen LogP contribution is -2.55. The van der Waals surface area contributed by atoms with Gasteiger partial charge in [-0.15, -0.1) is 0 Å². The molecular formula is C31H37ClFN3O6S. The Hall–Kier alpha value is -3.83. The average molecular weight is 634 g/mol. The van der Waals surface area contributed by atoms with Gasteiger partial charge in [-0.05, 0) is 81.3 Å². The van der Waals surface area contributed by atoms with Crippen molar-refractivity contribution in [2.24, 2.45) is 0 Å². The first-order valence-corrected chi connectivity index (χ1v) is 15.4. The predicted octanol–water partition coefficient (Wildman–Crippen LogP) is 5.41. The van der Waals surface area contributed by atoms with Crippen molar-refractivity contribution in [3.8, 4) is 11.5 Å². The maximum atomic E-state index is 14.1. The Morgan fingerprint density at radius 1 is 0.953 bits per heavy atom. The molecule has 0 radical (unpaired) electrons. The van der Waals surface area contributed by atoms with E-state index in [9.17, 15) is 22.4 Å². The van der Waals surface area contributed by atoms with Gasteiger partial charge in [0.15, 0.2) is 11.5 Å². The van der Waals surface area contributed by atoms with Gasteiger partial charge < -0.3 is 19.7 Å². The SMILES string of the molecule is CC[C@H](C(=O)NC(C)(C)C)N(Cc1ccc(Cl)cc1)C(=O)CN(c1ccc(F)cc1)S(=O)(=O)c1ccc(OC)c(OC)c1. The Bertz CT molecular complexity index is 1530. The predicted molar refractivity (Wildman–Crippen MR) is 164 cm³/mol. The van der Waals surface area contributed by atoms with Crippen molar-refractivity contribution in [2.75, 3.05) is 25.1 Å². The second-order valence-corrected chi connectivity index (χ2v) is 13.1. The van der Waals surface area contributed by atoms with E-state index >= 15 is 0 Å². The van der Waals surface area contributed by atoms with Crippen molar-refractivity contribution in [3.05, 3.63) is 83.1 Å². The summed E-state index contributed by atoms with van der Waals surface area (Å²) in [4.78, 5) is 28.7. The molecule has 0 aliphatic rings. The average Bonchev–Trinajstić information content (AvgIpc) is 2.95. The number of sulfonamides is 1. The molecule has 2 amide bonds. The molecule has 3 aromatic rings. The van der Waals surface area contributed by atoms with E-state index in [-0.39, 0.29) is 35.2 Å². The van der Waals surface area contributed by atoms with Gasteiger partial charge >= 0.3 is 0 Å². The molecule has 0 unspecified atom stereocenters. The van der Waals surface area contributed by atoms with E-state index in [1.54, 1.807) is 31.2 Å². The summed E-state index contributed by atoms with van der Waals surface area (Å²) in [6.07, 6.45) is 0.264. The molecule has 232 valence electrons. The number of rotatable bonds is 12. The number of methoxy groups -OCH3 is 2. The minimum atomic E-state index is -4.40. The Morgan fingerprint density at radius 3 is 2.09 bits per heavy atom. The Labute approximate surface area is 257 Å². The standard InChI is InChI=1S/C31H37ClFN3O6S/c1-7-26(30(38)34-31(2,3)4)35(19-21-8-10-22(32)11-9-21)29(37)20-36(24-14-12-23(33)13-15-24)43(39,40)25-16-17-27(41-5)28(18-25)42-6/h8-18,26H,7,19-20H2,1-6H3,(H,34,38)/t26-/m1/s1. The number of halogens is 2. The quantitative estimate of drug-likeness (QED) is 0.286. The van der Waals surface area contributed by atoms with E-state index in [4.69, 9.17) is 21.1 Å². The Kier molecular flexibility index (Phi) is 11.0. The van der Waals surface area contributed by atoms with Gasteiger partial charge in [0.25, 0.3) is 10.0 Å². The summed E-state index contributed by atoms with van der Waals surface area (Å²) in [5.41, 5.74) is 0.176. The molecule has 0 spiro atoms. The van der Waals surface area contributed by atoms with Crippen molar-refractivity contribution < 1.29 is 31.9 Å². The van der Waals surface area contributed by atoms with Gasteiger partial charge in [0.05, 0.1) is 24.8 Å². The van der Waals surface area contributed by atoms with Crippen molar-refractivity contribution in [3.63, 3.8) is 0 Å². The number of nitrogens with one attached hydrogen (secondary N) is 1. The number of hydrogen-bond donors (Lipinski definition) is 1. The second kappa shape index (κ2) is 14.1. The molecule has 12 heteroatoms. The lowest BCUT2D eigenvalue weighted by atomic mass is 10.1. The maximum Gasteiger partial charge on any atom is 0.264 e. The molecule has 0 bridgehead atoms. The third-order valence-corrected chi connectivity index (χ3v) is 8.51. The highest BCUT2D eigenvalue weighted by Crippen LogP contribution is 2.32. The summed E-state index contributed by atoms with van der Waals surface area (Å²) in [6, 6.07) is 14.7. The first-order valence-electron chi connectivity index (χ1n) is 13.6. The van der Waals surface area contributed by atoms with Crippen molar-refractivity contribution in [1.29, 1.82) is 0 Å². The van der Waals surface area contributed by atoms with E-state index in [1.165, 1.54) is 49.5 Å². The van der Waals surface area contributed by atoms with Gasteiger partial charge in [-0.2, -0.15) is 0 Å². The van der Waals surface area contributed by atoms with E-state index in [2.05, 4.69) is 5.32 Å². The van der Waals surface area contributed by atoms with Crippen molar-refractivity contribution >= 4 is 39.1 Å². The first kappa shape index (κ1) is 33.7. The van der Waals surface area contributed by atoms with Gasteiger partial charge in [-0.25, -0.2) is 12.8 Å². The molecule has 0 saturated carbocycles. The third kappa shape index (κ3) is 8.61. The van der Waals surface area contributed by atoms with Gasteiger partial charge in [0, 0.05) is 23.2 Å². The topological polar surface area (TPSA) is 105 Å². The summed E-state index contributed by atoms with van der Waals surface area (Å²) < 4.78 is 53.4. The van der Waals surface area contributed by atoms with Gasteiger partial charge in [-0.1, -0.05) is 30.7 Å². The monoisotopic (exact) mass is 633 g/mol. The fourth-order valence-electron chi connectivity index (χ4n) is 4.40. The van der Waals surface area contributed by atoms with Gasteiger partial charge in [0.1, 0.15) is 18.4 Å². The highest BCUT2D eigenvalue weighted by molar-refractivity contribution is 7.92. The van der Waals surface area contributed by atoms with Crippen LogP contribution in [0.1, 0.15) is 39.7 Å². The first-order chi connectivity index (χ1) is 20.2. The summed E-state index contributed by atoms with van der Waals surface area (Å²) >= 11 is 6.06. The highest BCUT2D eigenvalue weighted by Gasteiger charge is 2.35. The normalized spacial score (nSPS) is 12.3.